The first-order valence-electron chi connectivity index (χ1n) is 7.73. The van der Waals surface area contributed by atoms with Crippen molar-refractivity contribution in [3.8, 4) is 0 Å². The minimum atomic E-state index is 0.695. The highest BCUT2D eigenvalue weighted by molar-refractivity contribution is 5.98. The van der Waals surface area contributed by atoms with Gasteiger partial charge in [0.15, 0.2) is 0 Å². The minimum Gasteiger partial charge on any atom is -0.398 e. The van der Waals surface area contributed by atoms with Crippen molar-refractivity contribution in [3.63, 3.8) is 0 Å². The van der Waals surface area contributed by atoms with Crippen molar-refractivity contribution in [2.24, 2.45) is 10.7 Å². The van der Waals surface area contributed by atoms with Crippen LogP contribution in [0.2, 0.25) is 0 Å². The van der Waals surface area contributed by atoms with E-state index < -0.39 is 0 Å². The Kier molecular flexibility index (Phi) is 6.93. The van der Waals surface area contributed by atoms with Crippen LogP contribution in [0.4, 0.5) is 0 Å². The molecule has 1 aromatic carbocycles. The van der Waals surface area contributed by atoms with E-state index in [1.807, 2.05) is 13.8 Å². The van der Waals surface area contributed by atoms with Crippen LogP contribution in [-0.4, -0.2) is 5.71 Å². The second-order valence-electron chi connectivity index (χ2n) is 5.46. The quantitative estimate of drug-likeness (QED) is 0.567. The molecule has 1 aromatic rings. The summed E-state index contributed by atoms with van der Waals surface area (Å²) in [6.45, 7) is 13.1. The van der Waals surface area contributed by atoms with Crippen molar-refractivity contribution in [1.82, 2.24) is 0 Å². The van der Waals surface area contributed by atoms with Gasteiger partial charge in [0.25, 0.3) is 0 Å². The molecule has 0 fully saturated rings. The molecule has 0 atom stereocenters. The lowest BCUT2D eigenvalue weighted by molar-refractivity contribution is 0.908. The van der Waals surface area contributed by atoms with Gasteiger partial charge >= 0.3 is 0 Å². The van der Waals surface area contributed by atoms with Crippen LogP contribution in [0, 0.1) is 0 Å². The summed E-state index contributed by atoms with van der Waals surface area (Å²) in [5, 5.41) is 0. The van der Waals surface area contributed by atoms with E-state index in [1.165, 1.54) is 11.1 Å². The Morgan fingerprint density at radius 2 is 1.67 bits per heavy atom. The third kappa shape index (κ3) is 5.22. The largest absolute Gasteiger partial charge is 0.398 e. The third-order valence-electron chi connectivity index (χ3n) is 3.81. The van der Waals surface area contributed by atoms with Crippen molar-refractivity contribution in [2.75, 3.05) is 0 Å². The maximum absolute atomic E-state index is 6.15. The molecule has 0 aliphatic heterocycles. The minimum absolute atomic E-state index is 0.695. The van der Waals surface area contributed by atoms with Crippen LogP contribution >= 0.6 is 0 Å². The SMILES string of the molecule is C=C(CCC)C(N)=C(C)C(C)=NCc1ccc(CC)cc1. The Labute approximate surface area is 129 Å². The monoisotopic (exact) mass is 284 g/mol. The molecule has 21 heavy (non-hydrogen) atoms. The van der Waals surface area contributed by atoms with Crippen molar-refractivity contribution >= 4 is 5.71 Å². The first kappa shape index (κ1) is 17.2. The molecule has 2 N–H and O–H groups in total. The number of aryl methyl sites for hydroxylation is 1. The molecule has 0 unspecified atom stereocenters. The van der Waals surface area contributed by atoms with E-state index in [0.717, 1.165) is 41.8 Å². The highest BCUT2D eigenvalue weighted by atomic mass is 14.7. The lowest BCUT2D eigenvalue weighted by atomic mass is 10.0. The predicted octanol–water partition coefficient (Wildman–Crippen LogP) is 4.80. The molecule has 0 saturated carbocycles. The van der Waals surface area contributed by atoms with E-state index >= 15 is 0 Å². The van der Waals surface area contributed by atoms with Gasteiger partial charge in [-0.05, 0) is 49.0 Å². The zero-order valence-electron chi connectivity index (χ0n) is 13.9. The van der Waals surface area contributed by atoms with Gasteiger partial charge in [-0.15, -0.1) is 0 Å². The Morgan fingerprint density at radius 1 is 1.10 bits per heavy atom. The summed E-state index contributed by atoms with van der Waals surface area (Å²) in [6.07, 6.45) is 3.07. The van der Waals surface area contributed by atoms with Crippen molar-refractivity contribution in [1.29, 1.82) is 0 Å². The molecule has 2 heteroatoms. The fraction of sp³-hybridized carbons (Fsp3) is 0.421. The van der Waals surface area contributed by atoms with E-state index in [-0.39, 0.29) is 0 Å². The van der Waals surface area contributed by atoms with Gasteiger partial charge in [-0.25, -0.2) is 0 Å². The molecule has 0 aromatic heterocycles. The summed E-state index contributed by atoms with van der Waals surface area (Å²) in [5.74, 6) is 0. The van der Waals surface area contributed by atoms with Gasteiger partial charge in [0.2, 0.25) is 0 Å². The first-order chi connectivity index (χ1) is 9.99. The summed E-state index contributed by atoms with van der Waals surface area (Å²) in [6, 6.07) is 8.63. The van der Waals surface area contributed by atoms with Crippen LogP contribution in [0.1, 0.15) is 51.7 Å². The molecule has 0 saturated heterocycles. The molecule has 0 bridgehead atoms. The second-order valence-corrected chi connectivity index (χ2v) is 5.46. The van der Waals surface area contributed by atoms with Gasteiger partial charge < -0.3 is 5.73 Å². The lowest BCUT2D eigenvalue weighted by Crippen LogP contribution is -2.09. The topological polar surface area (TPSA) is 38.4 Å². The normalized spacial score (nSPS) is 13.0. The van der Waals surface area contributed by atoms with Gasteiger partial charge in [0.1, 0.15) is 0 Å². The maximum Gasteiger partial charge on any atom is 0.0643 e. The number of nitrogens with two attached hydrogens (primary N) is 1. The van der Waals surface area contributed by atoms with Crippen LogP contribution in [0.5, 0.6) is 0 Å². The maximum atomic E-state index is 6.15. The fourth-order valence-corrected chi connectivity index (χ4v) is 2.11. The van der Waals surface area contributed by atoms with Crippen LogP contribution in [0.25, 0.3) is 0 Å². The zero-order chi connectivity index (χ0) is 15.8. The Morgan fingerprint density at radius 3 is 2.19 bits per heavy atom. The number of aliphatic imine (C=N–C) groups is 1. The molecule has 0 heterocycles. The van der Waals surface area contributed by atoms with Gasteiger partial charge in [-0.3, -0.25) is 4.99 Å². The van der Waals surface area contributed by atoms with E-state index in [0.29, 0.717) is 6.54 Å². The highest BCUT2D eigenvalue weighted by Crippen LogP contribution is 2.15. The first-order valence-corrected chi connectivity index (χ1v) is 7.73. The number of nitrogens with zero attached hydrogens (tertiary/aromatic N) is 1. The predicted molar refractivity (Wildman–Crippen MR) is 93.6 cm³/mol. The highest BCUT2D eigenvalue weighted by Gasteiger charge is 2.05. The summed E-state index contributed by atoms with van der Waals surface area (Å²) in [7, 11) is 0. The number of benzene rings is 1. The van der Waals surface area contributed by atoms with E-state index in [9.17, 15) is 0 Å². The summed E-state index contributed by atoms with van der Waals surface area (Å²) in [5.41, 5.74) is 12.6. The molecule has 0 aliphatic carbocycles. The molecule has 0 spiro atoms. The third-order valence-corrected chi connectivity index (χ3v) is 3.81. The van der Waals surface area contributed by atoms with Crippen molar-refractivity contribution < 1.29 is 0 Å². The molecule has 0 amide bonds. The average molecular weight is 284 g/mol. The van der Waals surface area contributed by atoms with Gasteiger partial charge in [0, 0.05) is 11.4 Å². The van der Waals surface area contributed by atoms with E-state index in [1.54, 1.807) is 0 Å². The van der Waals surface area contributed by atoms with E-state index in [4.69, 9.17) is 5.73 Å². The summed E-state index contributed by atoms with van der Waals surface area (Å²) >= 11 is 0. The van der Waals surface area contributed by atoms with Crippen LogP contribution < -0.4 is 5.73 Å². The number of allylic oxidation sites excluding steroid dienone is 2. The molecular weight excluding hydrogens is 256 g/mol. The summed E-state index contributed by atoms with van der Waals surface area (Å²) in [4.78, 5) is 4.65. The van der Waals surface area contributed by atoms with Crippen LogP contribution in [-0.2, 0) is 13.0 Å². The van der Waals surface area contributed by atoms with Crippen LogP contribution in [0.15, 0.2) is 52.7 Å². The fourth-order valence-electron chi connectivity index (χ4n) is 2.11. The molecule has 2 nitrogen and oxygen atoms in total. The molecule has 1 rings (SSSR count). The second kappa shape index (κ2) is 8.46. The Bertz CT molecular complexity index is 533. The summed E-state index contributed by atoms with van der Waals surface area (Å²) < 4.78 is 0. The van der Waals surface area contributed by atoms with Crippen LogP contribution in [0.3, 0.4) is 0 Å². The average Bonchev–Trinajstić information content (AvgIpc) is 2.51. The van der Waals surface area contributed by atoms with Crippen molar-refractivity contribution in [3.05, 3.63) is 58.8 Å². The number of hydrogen-bond acceptors (Lipinski definition) is 2. The lowest BCUT2D eigenvalue weighted by Gasteiger charge is -2.10. The zero-order valence-corrected chi connectivity index (χ0v) is 13.9. The molecule has 0 aliphatic rings. The molecular formula is C19H28N2. The van der Waals surface area contributed by atoms with Gasteiger partial charge in [-0.2, -0.15) is 0 Å². The Balaban J connectivity index is 2.78. The molecule has 114 valence electrons. The van der Waals surface area contributed by atoms with Crippen molar-refractivity contribution in [2.45, 2.75) is 53.5 Å². The molecule has 0 radical (unpaired) electrons. The Hall–Kier alpha value is -1.83. The smallest absolute Gasteiger partial charge is 0.0643 e. The standard InChI is InChI=1S/C19H28N2/c1-6-8-14(3)19(20)15(4)16(5)21-13-18-11-9-17(7-2)10-12-18/h9-12H,3,6-8,13,20H2,1-2,4-5H3. The number of hydrogen-bond donors (Lipinski definition) is 1. The van der Waals surface area contributed by atoms with Gasteiger partial charge in [-0.1, -0.05) is 51.1 Å². The van der Waals surface area contributed by atoms with E-state index in [2.05, 4.69) is 49.7 Å². The van der Waals surface area contributed by atoms with Gasteiger partial charge in [0.05, 0.1) is 6.54 Å². The number of rotatable bonds is 7.